The van der Waals surface area contributed by atoms with Crippen LogP contribution in [0.4, 0.5) is 9.93 Å². The molecule has 1 saturated heterocycles. The molecule has 2 N–H and O–H groups in total. The number of benzene rings is 1. The lowest BCUT2D eigenvalue weighted by Gasteiger charge is -2.33. The van der Waals surface area contributed by atoms with E-state index in [2.05, 4.69) is 20.8 Å². The van der Waals surface area contributed by atoms with Crippen LogP contribution < -0.4 is 10.6 Å². The zero-order valence-corrected chi connectivity index (χ0v) is 14.9. The summed E-state index contributed by atoms with van der Waals surface area (Å²) in [6.45, 7) is 1.42. The van der Waals surface area contributed by atoms with Crippen molar-refractivity contribution in [3.8, 4) is 0 Å². The van der Waals surface area contributed by atoms with Crippen LogP contribution in [-0.2, 0) is 21.5 Å². The van der Waals surface area contributed by atoms with E-state index < -0.39 is 17.5 Å². The monoisotopic (exact) mass is 371 g/mol. The van der Waals surface area contributed by atoms with Crippen LogP contribution >= 0.6 is 11.3 Å². The molecule has 0 saturated carbocycles. The van der Waals surface area contributed by atoms with Crippen LogP contribution in [-0.4, -0.2) is 39.5 Å². The number of aryl methyl sites for hydroxylation is 2. The largest absolute Gasteiger partial charge is 0.325 e. The van der Waals surface area contributed by atoms with Crippen molar-refractivity contribution in [1.29, 1.82) is 0 Å². The first-order valence-corrected chi connectivity index (χ1v) is 9.14. The summed E-state index contributed by atoms with van der Waals surface area (Å²) >= 11 is 1.23. The Bertz CT molecular complexity index is 911. The van der Waals surface area contributed by atoms with Crippen LogP contribution in [0.5, 0.6) is 0 Å². The smallest absolute Gasteiger partial charge is 0.319 e. The highest BCUT2D eigenvalue weighted by atomic mass is 32.1. The summed E-state index contributed by atoms with van der Waals surface area (Å²) in [5.74, 6) is -0.857. The number of anilines is 1. The van der Waals surface area contributed by atoms with E-state index in [1.54, 1.807) is 6.92 Å². The van der Waals surface area contributed by atoms with Gasteiger partial charge in [-0.25, -0.2) is 4.79 Å². The SMILES string of the molecule is Cc1nnc(NC(=O)CN2C(=O)NC3(CCCc4ccccc43)C2=O)s1. The van der Waals surface area contributed by atoms with Gasteiger partial charge in [-0.05, 0) is 37.3 Å². The Balaban J connectivity index is 1.56. The van der Waals surface area contributed by atoms with E-state index in [0.717, 1.165) is 28.9 Å². The molecule has 2 aliphatic rings. The summed E-state index contributed by atoms with van der Waals surface area (Å²) in [7, 11) is 0. The van der Waals surface area contributed by atoms with Crippen LogP contribution in [0, 0.1) is 6.92 Å². The molecule has 1 spiro atoms. The van der Waals surface area contributed by atoms with Gasteiger partial charge in [-0.3, -0.25) is 19.8 Å². The fraction of sp³-hybridized carbons (Fsp3) is 0.353. The van der Waals surface area contributed by atoms with Gasteiger partial charge in [0.25, 0.3) is 5.91 Å². The van der Waals surface area contributed by atoms with Crippen molar-refractivity contribution in [3.05, 3.63) is 40.4 Å². The zero-order valence-electron chi connectivity index (χ0n) is 14.1. The van der Waals surface area contributed by atoms with Gasteiger partial charge in [0.05, 0.1) is 0 Å². The Morgan fingerprint density at radius 1 is 1.35 bits per heavy atom. The minimum absolute atomic E-state index is 0.345. The van der Waals surface area contributed by atoms with Crippen molar-refractivity contribution in [2.24, 2.45) is 0 Å². The fourth-order valence-corrected chi connectivity index (χ4v) is 4.21. The van der Waals surface area contributed by atoms with Gasteiger partial charge < -0.3 is 5.32 Å². The molecule has 9 heteroatoms. The number of fused-ring (bicyclic) bond motifs is 2. The minimum Gasteiger partial charge on any atom is -0.319 e. The van der Waals surface area contributed by atoms with Gasteiger partial charge in [0.15, 0.2) is 0 Å². The number of nitrogens with one attached hydrogen (secondary N) is 2. The summed E-state index contributed by atoms with van der Waals surface area (Å²) in [6, 6.07) is 7.09. The molecule has 134 valence electrons. The van der Waals surface area contributed by atoms with Crippen LogP contribution in [0.3, 0.4) is 0 Å². The summed E-state index contributed by atoms with van der Waals surface area (Å²) < 4.78 is 0. The Labute approximate surface area is 153 Å². The number of hydrogen-bond donors (Lipinski definition) is 2. The summed E-state index contributed by atoms with van der Waals surface area (Å²) in [5.41, 5.74) is 0.821. The number of amides is 4. The fourth-order valence-electron chi connectivity index (χ4n) is 3.60. The lowest BCUT2D eigenvalue weighted by molar-refractivity contribution is -0.134. The topological polar surface area (TPSA) is 104 Å². The molecular formula is C17H17N5O3S. The Kier molecular flexibility index (Phi) is 3.95. The van der Waals surface area contributed by atoms with Crippen molar-refractivity contribution < 1.29 is 14.4 Å². The summed E-state index contributed by atoms with van der Waals surface area (Å²) in [6.07, 6.45) is 2.20. The van der Waals surface area contributed by atoms with Crippen LogP contribution in [0.15, 0.2) is 24.3 Å². The highest BCUT2D eigenvalue weighted by Gasteiger charge is 2.54. The molecule has 4 rings (SSSR count). The number of carbonyl (C=O) groups is 3. The quantitative estimate of drug-likeness (QED) is 0.797. The highest BCUT2D eigenvalue weighted by Crippen LogP contribution is 2.39. The van der Waals surface area contributed by atoms with E-state index in [1.807, 2.05) is 24.3 Å². The second kappa shape index (κ2) is 6.17. The number of rotatable bonds is 3. The molecule has 1 aromatic carbocycles. The number of carbonyl (C=O) groups excluding carboxylic acids is 3. The lowest BCUT2D eigenvalue weighted by atomic mass is 9.76. The maximum atomic E-state index is 13.1. The first-order chi connectivity index (χ1) is 12.5. The average molecular weight is 371 g/mol. The third-order valence-corrected chi connectivity index (χ3v) is 5.48. The van der Waals surface area contributed by atoms with Gasteiger partial charge in [-0.1, -0.05) is 35.6 Å². The van der Waals surface area contributed by atoms with E-state index >= 15 is 0 Å². The van der Waals surface area contributed by atoms with Crippen molar-refractivity contribution >= 4 is 34.3 Å². The summed E-state index contributed by atoms with van der Waals surface area (Å²) in [5, 5.41) is 14.1. The molecule has 4 amide bonds. The lowest BCUT2D eigenvalue weighted by Crippen LogP contribution is -2.47. The Morgan fingerprint density at radius 2 is 2.15 bits per heavy atom. The molecule has 1 aliphatic heterocycles. The maximum Gasteiger partial charge on any atom is 0.325 e. The van der Waals surface area contributed by atoms with E-state index in [9.17, 15) is 14.4 Å². The van der Waals surface area contributed by atoms with Gasteiger partial charge in [0.1, 0.15) is 17.1 Å². The van der Waals surface area contributed by atoms with Crippen LogP contribution in [0.25, 0.3) is 0 Å². The standard InChI is InChI=1S/C17H17N5O3S/c1-10-20-21-15(26-10)18-13(23)9-22-14(24)17(19-16(22)25)8-4-6-11-5-2-3-7-12(11)17/h2-3,5,7H,4,6,8-9H2,1H3,(H,19,25)(H,18,21,23). The second-order valence-electron chi connectivity index (χ2n) is 6.41. The minimum atomic E-state index is -1.06. The highest BCUT2D eigenvalue weighted by molar-refractivity contribution is 7.15. The van der Waals surface area contributed by atoms with Gasteiger partial charge >= 0.3 is 6.03 Å². The number of hydrogen-bond acceptors (Lipinski definition) is 6. The van der Waals surface area contributed by atoms with E-state index in [4.69, 9.17) is 0 Å². The number of imide groups is 1. The van der Waals surface area contributed by atoms with Gasteiger partial charge in [0, 0.05) is 0 Å². The molecule has 1 aliphatic carbocycles. The van der Waals surface area contributed by atoms with Crippen molar-refractivity contribution in [3.63, 3.8) is 0 Å². The molecule has 2 heterocycles. The molecular weight excluding hydrogens is 354 g/mol. The van der Waals surface area contributed by atoms with Gasteiger partial charge in [-0.15, -0.1) is 10.2 Å². The predicted octanol–water partition coefficient (Wildman–Crippen LogP) is 1.57. The molecule has 1 atom stereocenters. The van der Waals surface area contributed by atoms with E-state index in [-0.39, 0.29) is 12.5 Å². The molecule has 1 unspecified atom stereocenters. The van der Waals surface area contributed by atoms with E-state index in [1.165, 1.54) is 11.3 Å². The predicted molar refractivity (Wildman–Crippen MR) is 94.6 cm³/mol. The third-order valence-electron chi connectivity index (χ3n) is 4.72. The van der Waals surface area contributed by atoms with Gasteiger partial charge in [-0.2, -0.15) is 0 Å². The molecule has 0 radical (unpaired) electrons. The molecule has 26 heavy (non-hydrogen) atoms. The molecule has 2 aromatic rings. The number of urea groups is 1. The molecule has 1 aromatic heterocycles. The van der Waals surface area contributed by atoms with Crippen LogP contribution in [0.1, 0.15) is 29.0 Å². The second-order valence-corrected chi connectivity index (χ2v) is 7.59. The van der Waals surface area contributed by atoms with Crippen molar-refractivity contribution in [1.82, 2.24) is 20.4 Å². The Hall–Kier alpha value is -2.81. The number of nitrogens with zero attached hydrogens (tertiary/aromatic N) is 3. The van der Waals surface area contributed by atoms with Crippen LogP contribution in [0.2, 0.25) is 0 Å². The van der Waals surface area contributed by atoms with E-state index in [0.29, 0.717) is 16.6 Å². The average Bonchev–Trinajstić information content (AvgIpc) is 3.12. The van der Waals surface area contributed by atoms with Crippen molar-refractivity contribution in [2.75, 3.05) is 11.9 Å². The normalized spacial score (nSPS) is 21.7. The first-order valence-electron chi connectivity index (χ1n) is 8.32. The summed E-state index contributed by atoms with van der Waals surface area (Å²) in [4.78, 5) is 38.8. The van der Waals surface area contributed by atoms with Gasteiger partial charge in [0.2, 0.25) is 11.0 Å². The molecule has 0 bridgehead atoms. The molecule has 1 fully saturated rings. The Morgan fingerprint density at radius 3 is 2.92 bits per heavy atom. The van der Waals surface area contributed by atoms with Crippen molar-refractivity contribution in [2.45, 2.75) is 31.7 Å². The maximum absolute atomic E-state index is 13.1. The number of aromatic nitrogens is 2. The molecule has 8 nitrogen and oxygen atoms in total. The first kappa shape index (κ1) is 16.6. The third kappa shape index (κ3) is 2.64. The zero-order chi connectivity index (χ0) is 18.3.